The molecule has 2 atom stereocenters. The van der Waals surface area contributed by atoms with Crippen molar-refractivity contribution in [1.29, 1.82) is 0 Å². The van der Waals surface area contributed by atoms with Crippen LogP contribution < -0.4 is 0 Å². The van der Waals surface area contributed by atoms with E-state index >= 15 is 0 Å². The fourth-order valence-corrected chi connectivity index (χ4v) is 4.21. The van der Waals surface area contributed by atoms with E-state index in [9.17, 15) is 14.0 Å². The Morgan fingerprint density at radius 2 is 1.96 bits per heavy atom. The van der Waals surface area contributed by atoms with Gasteiger partial charge in [-0.1, -0.05) is 36.4 Å². The fraction of sp³-hybridized carbons (Fsp3) is 0.364. The van der Waals surface area contributed by atoms with Crippen LogP contribution in [0.2, 0.25) is 0 Å². The summed E-state index contributed by atoms with van der Waals surface area (Å²) in [5.74, 6) is -0.576. The van der Waals surface area contributed by atoms with Gasteiger partial charge in [0, 0.05) is 26.1 Å². The fourth-order valence-electron chi connectivity index (χ4n) is 4.21. The first-order valence-electron chi connectivity index (χ1n) is 9.43. The van der Waals surface area contributed by atoms with Crippen molar-refractivity contribution in [2.75, 3.05) is 13.1 Å². The van der Waals surface area contributed by atoms with E-state index in [2.05, 4.69) is 0 Å². The van der Waals surface area contributed by atoms with Crippen LogP contribution in [-0.2, 0) is 22.6 Å². The molecule has 0 radical (unpaired) electrons. The largest absolute Gasteiger partial charge is 0.338 e. The summed E-state index contributed by atoms with van der Waals surface area (Å²) in [5.41, 5.74) is 3.04. The molecule has 2 aromatic carbocycles. The van der Waals surface area contributed by atoms with E-state index in [1.165, 1.54) is 12.1 Å². The first-order valence-corrected chi connectivity index (χ1v) is 9.43. The predicted molar refractivity (Wildman–Crippen MR) is 100 cm³/mol. The van der Waals surface area contributed by atoms with Crippen molar-refractivity contribution in [2.24, 2.45) is 5.92 Å². The molecule has 0 bridgehead atoms. The van der Waals surface area contributed by atoms with Crippen LogP contribution >= 0.6 is 0 Å². The van der Waals surface area contributed by atoms with Gasteiger partial charge in [-0.2, -0.15) is 0 Å². The Morgan fingerprint density at radius 3 is 2.74 bits per heavy atom. The summed E-state index contributed by atoms with van der Waals surface area (Å²) in [4.78, 5) is 29.1. The third-order valence-electron chi connectivity index (χ3n) is 5.71. The number of carbonyl (C=O) groups is 2. The number of hydrogen-bond acceptors (Lipinski definition) is 2. The van der Waals surface area contributed by atoms with Gasteiger partial charge >= 0.3 is 0 Å². The van der Waals surface area contributed by atoms with Gasteiger partial charge in [0.25, 0.3) is 0 Å². The number of halogens is 1. The van der Waals surface area contributed by atoms with Gasteiger partial charge in [0.2, 0.25) is 11.8 Å². The van der Waals surface area contributed by atoms with Crippen molar-refractivity contribution in [3.05, 3.63) is 71.0 Å². The number of benzene rings is 2. The average Bonchev–Trinajstić information content (AvgIpc) is 3.03. The number of nitrogens with zero attached hydrogens (tertiary/aromatic N) is 2. The minimum atomic E-state index is -0.321. The Morgan fingerprint density at radius 1 is 1.19 bits per heavy atom. The molecule has 1 saturated heterocycles. The van der Waals surface area contributed by atoms with E-state index in [1.54, 1.807) is 4.90 Å². The quantitative estimate of drug-likeness (QED) is 0.836. The number of likely N-dealkylation sites (tertiary alicyclic amines) is 1. The van der Waals surface area contributed by atoms with Crippen molar-refractivity contribution in [3.63, 3.8) is 0 Å². The first kappa shape index (κ1) is 17.7. The molecule has 5 heteroatoms. The molecule has 27 heavy (non-hydrogen) atoms. The molecule has 4 nitrogen and oxygen atoms in total. The maximum atomic E-state index is 13.7. The molecule has 2 aliphatic heterocycles. The van der Waals surface area contributed by atoms with Crippen LogP contribution in [0.1, 0.15) is 36.1 Å². The van der Waals surface area contributed by atoms with E-state index in [1.807, 2.05) is 48.2 Å². The van der Waals surface area contributed by atoms with Crippen molar-refractivity contribution in [3.8, 4) is 0 Å². The molecule has 140 valence electrons. The van der Waals surface area contributed by atoms with Gasteiger partial charge in [0.1, 0.15) is 5.82 Å². The number of carbonyl (C=O) groups excluding carboxylic acids is 2. The van der Waals surface area contributed by atoms with Crippen LogP contribution in [0.25, 0.3) is 0 Å². The van der Waals surface area contributed by atoms with Crippen LogP contribution in [0, 0.1) is 11.7 Å². The monoisotopic (exact) mass is 366 g/mol. The van der Waals surface area contributed by atoms with Crippen molar-refractivity contribution >= 4 is 11.8 Å². The van der Waals surface area contributed by atoms with Crippen LogP contribution in [0.5, 0.6) is 0 Å². The topological polar surface area (TPSA) is 40.6 Å². The molecule has 0 aliphatic carbocycles. The van der Waals surface area contributed by atoms with Gasteiger partial charge < -0.3 is 9.80 Å². The summed E-state index contributed by atoms with van der Waals surface area (Å²) in [6.45, 7) is 3.54. The SMILES string of the molecule is CC1c2cc(F)ccc2CCN1C(=O)C1CC(=O)N(Cc2ccccc2)C1. The lowest BCUT2D eigenvalue weighted by molar-refractivity contribution is -0.138. The zero-order chi connectivity index (χ0) is 19.0. The number of amides is 2. The number of hydrogen-bond donors (Lipinski definition) is 0. The second kappa shape index (κ2) is 7.14. The molecule has 0 saturated carbocycles. The van der Waals surface area contributed by atoms with E-state index in [4.69, 9.17) is 0 Å². The Kier molecular flexibility index (Phi) is 4.68. The summed E-state index contributed by atoms with van der Waals surface area (Å²) in [6, 6.07) is 14.5. The molecule has 1 fully saturated rings. The van der Waals surface area contributed by atoms with E-state index < -0.39 is 0 Å². The summed E-state index contributed by atoms with van der Waals surface area (Å²) in [7, 11) is 0. The van der Waals surface area contributed by atoms with Gasteiger partial charge in [-0.25, -0.2) is 4.39 Å². The summed E-state index contributed by atoms with van der Waals surface area (Å²) < 4.78 is 13.7. The third-order valence-corrected chi connectivity index (χ3v) is 5.71. The highest BCUT2D eigenvalue weighted by Crippen LogP contribution is 2.33. The molecule has 0 spiro atoms. The van der Waals surface area contributed by atoms with Gasteiger partial charge in [-0.3, -0.25) is 9.59 Å². The molecule has 2 aromatic rings. The number of rotatable bonds is 3. The Balaban J connectivity index is 1.46. The third kappa shape index (κ3) is 3.46. The highest BCUT2D eigenvalue weighted by atomic mass is 19.1. The molecule has 2 heterocycles. The van der Waals surface area contributed by atoms with Crippen molar-refractivity contribution in [1.82, 2.24) is 9.80 Å². The summed E-state index contributed by atoms with van der Waals surface area (Å²) in [6.07, 6.45) is 0.977. The van der Waals surface area contributed by atoms with Gasteiger partial charge in [-0.05, 0) is 42.2 Å². The lowest BCUT2D eigenvalue weighted by Crippen LogP contribution is -2.42. The minimum Gasteiger partial charge on any atom is -0.338 e. The molecule has 4 rings (SSSR count). The van der Waals surface area contributed by atoms with E-state index in [-0.39, 0.29) is 36.0 Å². The standard InChI is InChI=1S/C22H23FN2O2/c1-15-20-12-19(23)8-7-17(20)9-10-25(15)22(27)18-11-21(26)24(14-18)13-16-5-3-2-4-6-16/h2-8,12,15,18H,9-11,13-14H2,1H3. The molecule has 2 unspecified atom stereocenters. The minimum absolute atomic E-state index is 0.00122. The lowest BCUT2D eigenvalue weighted by atomic mass is 9.92. The Hall–Kier alpha value is -2.69. The zero-order valence-electron chi connectivity index (χ0n) is 15.4. The lowest BCUT2D eigenvalue weighted by Gasteiger charge is -2.36. The van der Waals surface area contributed by atoms with Crippen LogP contribution in [0.15, 0.2) is 48.5 Å². The zero-order valence-corrected chi connectivity index (χ0v) is 15.4. The molecule has 0 N–H and O–H groups in total. The second-order valence-electron chi connectivity index (χ2n) is 7.46. The van der Waals surface area contributed by atoms with Crippen LogP contribution in [-0.4, -0.2) is 34.7 Å². The first-order chi connectivity index (χ1) is 13.0. The molecule has 0 aromatic heterocycles. The smallest absolute Gasteiger partial charge is 0.228 e. The van der Waals surface area contributed by atoms with Gasteiger partial charge in [0.05, 0.1) is 12.0 Å². The van der Waals surface area contributed by atoms with Crippen LogP contribution in [0.3, 0.4) is 0 Å². The van der Waals surface area contributed by atoms with Gasteiger partial charge in [-0.15, -0.1) is 0 Å². The van der Waals surface area contributed by atoms with Crippen LogP contribution in [0.4, 0.5) is 4.39 Å². The average molecular weight is 366 g/mol. The number of fused-ring (bicyclic) bond motifs is 1. The molecular weight excluding hydrogens is 343 g/mol. The predicted octanol–water partition coefficient (Wildman–Crippen LogP) is 3.32. The summed E-state index contributed by atoms with van der Waals surface area (Å²) in [5, 5.41) is 0. The maximum absolute atomic E-state index is 13.7. The highest BCUT2D eigenvalue weighted by Gasteiger charge is 2.39. The van der Waals surface area contributed by atoms with Gasteiger partial charge in [0.15, 0.2) is 0 Å². The van der Waals surface area contributed by atoms with Crippen molar-refractivity contribution in [2.45, 2.75) is 32.4 Å². The molecule has 2 aliphatic rings. The molecular formula is C22H23FN2O2. The maximum Gasteiger partial charge on any atom is 0.228 e. The van der Waals surface area contributed by atoms with E-state index in [0.29, 0.717) is 19.6 Å². The molecule has 2 amide bonds. The normalized spacial score (nSPS) is 22.1. The summed E-state index contributed by atoms with van der Waals surface area (Å²) >= 11 is 0. The Bertz CT molecular complexity index is 868. The second-order valence-corrected chi connectivity index (χ2v) is 7.46. The Labute approximate surface area is 158 Å². The van der Waals surface area contributed by atoms with E-state index in [0.717, 1.165) is 23.1 Å². The van der Waals surface area contributed by atoms with Crippen molar-refractivity contribution < 1.29 is 14.0 Å². The highest BCUT2D eigenvalue weighted by molar-refractivity contribution is 5.89.